The van der Waals surface area contributed by atoms with Gasteiger partial charge in [0.1, 0.15) is 0 Å². The van der Waals surface area contributed by atoms with E-state index >= 15 is 0 Å². The van der Waals surface area contributed by atoms with E-state index in [0.29, 0.717) is 0 Å². The van der Waals surface area contributed by atoms with E-state index in [2.05, 4.69) is 150 Å². The van der Waals surface area contributed by atoms with E-state index in [1.807, 2.05) is 0 Å². The molecular formula is C35H51N3O. The van der Waals surface area contributed by atoms with Gasteiger partial charge in [0.2, 0.25) is 0 Å². The SMILES string of the molecule is CCN(CC)c1ccc(C(c2ccc(N(C)C)cc2)c2ccc(N(CC)C(C)(C)CCOC(C)C)cc2)cc1. The maximum atomic E-state index is 5.88. The third-order valence-corrected chi connectivity index (χ3v) is 7.85. The smallest absolute Gasteiger partial charge is 0.0518 e. The quantitative estimate of drug-likeness (QED) is 0.196. The summed E-state index contributed by atoms with van der Waals surface area (Å²) < 4.78 is 5.88. The molecule has 0 fully saturated rings. The summed E-state index contributed by atoms with van der Waals surface area (Å²) in [5, 5.41) is 0. The molecule has 0 aliphatic heterocycles. The Hall–Kier alpha value is -2.98. The monoisotopic (exact) mass is 529 g/mol. The maximum Gasteiger partial charge on any atom is 0.0518 e. The molecule has 0 spiro atoms. The number of benzene rings is 3. The van der Waals surface area contributed by atoms with Crippen LogP contribution in [0.4, 0.5) is 17.1 Å². The number of nitrogens with zero attached hydrogens (tertiary/aromatic N) is 3. The van der Waals surface area contributed by atoms with Gasteiger partial charge >= 0.3 is 0 Å². The van der Waals surface area contributed by atoms with Crippen molar-refractivity contribution in [2.24, 2.45) is 0 Å². The molecule has 212 valence electrons. The Bertz CT molecular complexity index is 1110. The average molecular weight is 530 g/mol. The number of ether oxygens (including phenoxy) is 1. The molecule has 0 aromatic heterocycles. The van der Waals surface area contributed by atoms with E-state index in [4.69, 9.17) is 4.74 Å². The van der Waals surface area contributed by atoms with Crippen molar-refractivity contribution in [3.63, 3.8) is 0 Å². The van der Waals surface area contributed by atoms with Crippen LogP contribution in [-0.4, -0.2) is 52.0 Å². The Morgan fingerprint density at radius 1 is 0.641 bits per heavy atom. The molecule has 0 saturated carbocycles. The Morgan fingerprint density at radius 3 is 1.46 bits per heavy atom. The third kappa shape index (κ3) is 7.79. The lowest BCUT2D eigenvalue weighted by Crippen LogP contribution is -2.45. The lowest BCUT2D eigenvalue weighted by Gasteiger charge is -2.40. The van der Waals surface area contributed by atoms with Crippen LogP contribution in [0.3, 0.4) is 0 Å². The first kappa shape index (κ1) is 30.6. The molecule has 0 heterocycles. The van der Waals surface area contributed by atoms with Crippen LogP contribution in [0.5, 0.6) is 0 Å². The summed E-state index contributed by atoms with van der Waals surface area (Å²) in [6.45, 7) is 19.3. The summed E-state index contributed by atoms with van der Waals surface area (Å²) in [5.74, 6) is 0.170. The first-order valence-corrected chi connectivity index (χ1v) is 14.7. The summed E-state index contributed by atoms with van der Waals surface area (Å²) in [5.41, 5.74) is 7.69. The molecule has 0 saturated heterocycles. The van der Waals surface area contributed by atoms with Crippen molar-refractivity contribution >= 4 is 17.1 Å². The Morgan fingerprint density at radius 2 is 1.08 bits per heavy atom. The fourth-order valence-corrected chi connectivity index (χ4v) is 5.49. The van der Waals surface area contributed by atoms with E-state index in [0.717, 1.165) is 32.7 Å². The fourth-order valence-electron chi connectivity index (χ4n) is 5.49. The van der Waals surface area contributed by atoms with Crippen molar-refractivity contribution in [1.29, 1.82) is 0 Å². The summed E-state index contributed by atoms with van der Waals surface area (Å²) in [6, 6.07) is 27.4. The molecule has 3 aromatic rings. The molecule has 0 aliphatic rings. The van der Waals surface area contributed by atoms with Crippen LogP contribution in [0.25, 0.3) is 0 Å². The molecule has 0 aliphatic carbocycles. The van der Waals surface area contributed by atoms with Gasteiger partial charge < -0.3 is 19.4 Å². The molecule has 1 unspecified atom stereocenters. The molecule has 3 rings (SSSR count). The van der Waals surface area contributed by atoms with Gasteiger partial charge in [-0.25, -0.2) is 0 Å². The van der Waals surface area contributed by atoms with Crippen LogP contribution in [0.2, 0.25) is 0 Å². The van der Waals surface area contributed by atoms with Crippen LogP contribution in [0.15, 0.2) is 72.8 Å². The second-order valence-electron chi connectivity index (χ2n) is 11.5. The second kappa shape index (κ2) is 13.9. The van der Waals surface area contributed by atoms with Crippen LogP contribution in [0.1, 0.15) is 77.5 Å². The van der Waals surface area contributed by atoms with Crippen LogP contribution in [-0.2, 0) is 4.74 Å². The topological polar surface area (TPSA) is 19.0 Å². The Balaban J connectivity index is 1.96. The highest BCUT2D eigenvalue weighted by atomic mass is 16.5. The summed E-state index contributed by atoms with van der Waals surface area (Å²) in [4.78, 5) is 7.05. The highest BCUT2D eigenvalue weighted by Crippen LogP contribution is 2.36. The van der Waals surface area contributed by atoms with E-state index in [1.165, 1.54) is 33.8 Å². The molecular weight excluding hydrogens is 478 g/mol. The van der Waals surface area contributed by atoms with Crippen molar-refractivity contribution < 1.29 is 4.74 Å². The van der Waals surface area contributed by atoms with Crippen molar-refractivity contribution in [1.82, 2.24) is 0 Å². The van der Waals surface area contributed by atoms with Gasteiger partial charge in [0.15, 0.2) is 0 Å². The van der Waals surface area contributed by atoms with Crippen LogP contribution >= 0.6 is 0 Å². The molecule has 0 radical (unpaired) electrons. The van der Waals surface area contributed by atoms with Gasteiger partial charge in [-0.2, -0.15) is 0 Å². The van der Waals surface area contributed by atoms with Crippen LogP contribution in [0, 0.1) is 0 Å². The molecule has 0 amide bonds. The van der Waals surface area contributed by atoms with E-state index < -0.39 is 0 Å². The fraction of sp³-hybridized carbons (Fsp3) is 0.486. The number of hydrogen-bond donors (Lipinski definition) is 0. The predicted molar refractivity (Wildman–Crippen MR) is 171 cm³/mol. The molecule has 4 heteroatoms. The average Bonchev–Trinajstić information content (AvgIpc) is 2.91. The highest BCUT2D eigenvalue weighted by Gasteiger charge is 2.26. The van der Waals surface area contributed by atoms with Gasteiger partial charge in [-0.15, -0.1) is 0 Å². The van der Waals surface area contributed by atoms with Crippen molar-refractivity contribution in [3.8, 4) is 0 Å². The zero-order valence-electron chi connectivity index (χ0n) is 25.9. The second-order valence-corrected chi connectivity index (χ2v) is 11.5. The molecule has 1 atom stereocenters. The number of rotatable bonds is 14. The summed E-state index contributed by atoms with van der Waals surface area (Å²) >= 11 is 0. The minimum Gasteiger partial charge on any atom is -0.379 e. The lowest BCUT2D eigenvalue weighted by atomic mass is 9.84. The highest BCUT2D eigenvalue weighted by molar-refractivity contribution is 5.56. The minimum atomic E-state index is 0.00677. The Labute approximate surface area is 238 Å². The van der Waals surface area contributed by atoms with Gasteiger partial charge in [0.05, 0.1) is 6.10 Å². The minimum absolute atomic E-state index is 0.00677. The predicted octanol–water partition coefficient (Wildman–Crippen LogP) is 8.20. The summed E-state index contributed by atoms with van der Waals surface area (Å²) in [6.07, 6.45) is 1.25. The largest absolute Gasteiger partial charge is 0.379 e. The first-order chi connectivity index (χ1) is 18.6. The molecule has 3 aromatic carbocycles. The molecule has 0 bridgehead atoms. The van der Waals surface area contributed by atoms with E-state index in [-0.39, 0.29) is 17.6 Å². The molecule has 4 nitrogen and oxygen atoms in total. The standard InChI is InChI=1S/C35H51N3O/c1-10-37(11-2)32-21-15-29(16-22-32)34(28-13-19-31(20-14-28)36(8)9)30-17-23-33(24-18-30)38(12-3)35(6,7)25-26-39-27(4)5/h13-24,27,34H,10-12,25-26H2,1-9H3. The Kier molecular flexibility index (Phi) is 10.9. The number of hydrogen-bond acceptors (Lipinski definition) is 4. The first-order valence-electron chi connectivity index (χ1n) is 14.7. The van der Waals surface area contributed by atoms with Gasteiger partial charge in [-0.3, -0.25) is 0 Å². The van der Waals surface area contributed by atoms with Crippen molar-refractivity contribution in [3.05, 3.63) is 89.5 Å². The summed E-state index contributed by atoms with van der Waals surface area (Å²) in [7, 11) is 4.18. The van der Waals surface area contributed by atoms with Crippen molar-refractivity contribution in [2.75, 3.05) is 55.0 Å². The molecule has 39 heavy (non-hydrogen) atoms. The van der Waals surface area contributed by atoms with Gasteiger partial charge in [-0.05, 0) is 108 Å². The zero-order valence-corrected chi connectivity index (χ0v) is 25.9. The van der Waals surface area contributed by atoms with E-state index in [1.54, 1.807) is 0 Å². The maximum absolute atomic E-state index is 5.88. The van der Waals surface area contributed by atoms with E-state index in [9.17, 15) is 0 Å². The zero-order chi connectivity index (χ0) is 28.6. The molecule has 0 N–H and O–H groups in total. The lowest BCUT2D eigenvalue weighted by molar-refractivity contribution is 0.0671. The van der Waals surface area contributed by atoms with Gasteiger partial charge in [0.25, 0.3) is 0 Å². The van der Waals surface area contributed by atoms with Crippen LogP contribution < -0.4 is 14.7 Å². The van der Waals surface area contributed by atoms with Gasteiger partial charge in [0, 0.05) is 68.9 Å². The third-order valence-electron chi connectivity index (χ3n) is 7.85. The van der Waals surface area contributed by atoms with Gasteiger partial charge in [-0.1, -0.05) is 36.4 Å². The van der Waals surface area contributed by atoms with Crippen molar-refractivity contribution in [2.45, 2.75) is 72.4 Å². The normalized spacial score (nSPS) is 12.5. The number of anilines is 3.